The van der Waals surface area contributed by atoms with Crippen LogP contribution in [0.3, 0.4) is 0 Å². The molecule has 116 valence electrons. The second-order valence-corrected chi connectivity index (χ2v) is 6.13. The maximum absolute atomic E-state index is 10.4. The molecule has 2 aromatic heterocycles. The molecule has 0 unspecified atom stereocenters. The first kappa shape index (κ1) is 15.1. The van der Waals surface area contributed by atoms with Crippen molar-refractivity contribution in [2.75, 3.05) is 0 Å². The van der Waals surface area contributed by atoms with Crippen molar-refractivity contribution in [2.24, 2.45) is 7.05 Å². The van der Waals surface area contributed by atoms with Crippen molar-refractivity contribution < 1.29 is 5.11 Å². The molecule has 0 fully saturated rings. The number of rotatable bonds is 4. The largest absolute Gasteiger partial charge is 0.510 e. The number of nitrogens with zero attached hydrogens (tertiary/aromatic N) is 6. The molecule has 0 bridgehead atoms. The molecule has 3 rings (SSSR count). The first-order chi connectivity index (χ1) is 11.1. The summed E-state index contributed by atoms with van der Waals surface area (Å²) in [5.41, 5.74) is 1.65. The second-order valence-electron chi connectivity index (χ2n) is 4.82. The fraction of sp³-hybridized carbons (Fsp3) is 0.214. The number of nitriles is 1. The maximum atomic E-state index is 10.4. The number of aryl methyl sites for hydroxylation is 1. The zero-order valence-corrected chi connectivity index (χ0v) is 13.2. The Morgan fingerprint density at radius 1 is 1.43 bits per heavy atom. The topological polar surface area (TPSA) is 116 Å². The molecule has 3 aromatic rings. The van der Waals surface area contributed by atoms with Crippen molar-refractivity contribution in [2.45, 2.75) is 17.3 Å². The van der Waals surface area contributed by atoms with Gasteiger partial charge in [-0.25, -0.2) is 9.67 Å². The van der Waals surface area contributed by atoms with Crippen LogP contribution < -0.4 is 0 Å². The van der Waals surface area contributed by atoms with Crippen LogP contribution in [0.25, 0.3) is 16.6 Å². The maximum Gasteiger partial charge on any atom is 0.209 e. The summed E-state index contributed by atoms with van der Waals surface area (Å²) in [4.78, 5) is 7.40. The Morgan fingerprint density at radius 2 is 2.22 bits per heavy atom. The standard InChI is InChI=1S/C14H13N7OS/c1-8(23-14-18-19-20-21(14)2)12(22)9(7-15)13-16-10-5-3-4-6-11(10)17-13/h3-6,8,22H,1-2H3,(H,16,17)/t8-/m0/s1. The number of aromatic amines is 1. The van der Waals surface area contributed by atoms with Gasteiger partial charge in [0.2, 0.25) is 5.16 Å². The molecule has 8 nitrogen and oxygen atoms in total. The molecule has 0 aliphatic carbocycles. The van der Waals surface area contributed by atoms with Gasteiger partial charge < -0.3 is 10.1 Å². The molecule has 0 spiro atoms. The van der Waals surface area contributed by atoms with Crippen LogP contribution in [-0.4, -0.2) is 40.5 Å². The predicted molar refractivity (Wildman–Crippen MR) is 85.4 cm³/mol. The van der Waals surface area contributed by atoms with Crippen LogP contribution in [0, 0.1) is 11.3 Å². The minimum atomic E-state index is -0.400. The number of aromatic nitrogens is 6. The van der Waals surface area contributed by atoms with Gasteiger partial charge in [-0.2, -0.15) is 5.26 Å². The van der Waals surface area contributed by atoms with Crippen molar-refractivity contribution in [3.8, 4) is 6.07 Å². The van der Waals surface area contributed by atoms with Crippen LogP contribution >= 0.6 is 11.8 Å². The van der Waals surface area contributed by atoms with E-state index in [9.17, 15) is 10.4 Å². The quantitative estimate of drug-likeness (QED) is 0.428. The predicted octanol–water partition coefficient (Wildman–Crippen LogP) is 2.06. The van der Waals surface area contributed by atoms with Crippen LogP contribution in [0.1, 0.15) is 12.7 Å². The summed E-state index contributed by atoms with van der Waals surface area (Å²) in [6, 6.07) is 9.46. The van der Waals surface area contributed by atoms with E-state index < -0.39 is 5.25 Å². The molecule has 9 heteroatoms. The van der Waals surface area contributed by atoms with Crippen LogP contribution in [0.5, 0.6) is 0 Å². The summed E-state index contributed by atoms with van der Waals surface area (Å²) in [6.07, 6.45) is 0. The number of hydrogen-bond acceptors (Lipinski definition) is 7. The number of tetrazole rings is 1. The van der Waals surface area contributed by atoms with E-state index in [0.29, 0.717) is 11.0 Å². The summed E-state index contributed by atoms with van der Waals surface area (Å²) in [5, 5.41) is 31.2. The first-order valence-corrected chi connectivity index (χ1v) is 7.65. The Morgan fingerprint density at radius 3 is 2.87 bits per heavy atom. The lowest BCUT2D eigenvalue weighted by molar-refractivity contribution is 0.401. The van der Waals surface area contributed by atoms with Crippen molar-refractivity contribution in [1.29, 1.82) is 5.26 Å². The molecular weight excluding hydrogens is 314 g/mol. The highest BCUT2D eigenvalue weighted by Gasteiger charge is 2.20. The van der Waals surface area contributed by atoms with Gasteiger partial charge in [0.15, 0.2) is 5.82 Å². The third-order valence-corrected chi connectivity index (χ3v) is 4.38. The number of allylic oxidation sites excluding steroid dienone is 1. The molecule has 2 heterocycles. The number of thioether (sulfide) groups is 1. The monoisotopic (exact) mass is 327 g/mol. The van der Waals surface area contributed by atoms with Crippen molar-refractivity contribution >= 4 is 28.4 Å². The average molecular weight is 327 g/mol. The number of aliphatic hydroxyl groups excluding tert-OH is 1. The Hall–Kier alpha value is -2.86. The van der Waals surface area contributed by atoms with Crippen molar-refractivity contribution in [3.63, 3.8) is 0 Å². The Bertz CT molecular complexity index is 887. The second kappa shape index (κ2) is 6.10. The van der Waals surface area contributed by atoms with Crippen molar-refractivity contribution in [1.82, 2.24) is 30.2 Å². The molecule has 0 saturated heterocycles. The van der Waals surface area contributed by atoms with E-state index in [1.165, 1.54) is 16.4 Å². The van der Waals surface area contributed by atoms with Gasteiger partial charge in [0.1, 0.15) is 17.4 Å². The molecule has 23 heavy (non-hydrogen) atoms. The average Bonchev–Trinajstić information content (AvgIpc) is 3.14. The minimum absolute atomic E-state index is 0.0699. The van der Waals surface area contributed by atoms with Gasteiger partial charge in [-0.3, -0.25) is 0 Å². The van der Waals surface area contributed by atoms with E-state index in [1.54, 1.807) is 14.0 Å². The van der Waals surface area contributed by atoms with E-state index in [-0.39, 0.29) is 11.3 Å². The number of H-pyrrole nitrogens is 1. The number of imidazole rings is 1. The number of hydrogen-bond donors (Lipinski definition) is 2. The summed E-state index contributed by atoms with van der Waals surface area (Å²) in [6.45, 7) is 1.77. The van der Waals surface area contributed by atoms with Gasteiger partial charge in [-0.1, -0.05) is 23.9 Å². The summed E-state index contributed by atoms with van der Waals surface area (Å²) >= 11 is 1.26. The number of nitrogens with one attached hydrogen (secondary N) is 1. The molecule has 0 amide bonds. The highest BCUT2D eigenvalue weighted by Crippen LogP contribution is 2.28. The van der Waals surface area contributed by atoms with Gasteiger partial charge >= 0.3 is 0 Å². The molecule has 1 atom stereocenters. The SMILES string of the molecule is C[C@H](Sc1nnnn1C)C(O)=C(C#N)c1nc2ccccc2[nH]1. The van der Waals surface area contributed by atoms with Crippen LogP contribution in [0.15, 0.2) is 35.2 Å². The van der Waals surface area contributed by atoms with Gasteiger partial charge in [0.25, 0.3) is 0 Å². The van der Waals surface area contributed by atoms with E-state index in [2.05, 4.69) is 25.5 Å². The van der Waals surface area contributed by atoms with Gasteiger partial charge in [-0.15, -0.1) is 5.10 Å². The lowest BCUT2D eigenvalue weighted by atomic mass is 10.2. The molecule has 0 saturated carbocycles. The highest BCUT2D eigenvalue weighted by atomic mass is 32.2. The number of benzene rings is 1. The molecule has 2 N–H and O–H groups in total. The third-order valence-electron chi connectivity index (χ3n) is 3.24. The van der Waals surface area contributed by atoms with Gasteiger partial charge in [0.05, 0.1) is 16.3 Å². The normalized spacial score (nSPS) is 13.6. The Labute approximate surface area is 135 Å². The van der Waals surface area contributed by atoms with Gasteiger partial charge in [-0.05, 0) is 29.5 Å². The van der Waals surface area contributed by atoms with Gasteiger partial charge in [0, 0.05) is 7.05 Å². The molecule has 0 radical (unpaired) electrons. The smallest absolute Gasteiger partial charge is 0.209 e. The van der Waals surface area contributed by atoms with Crippen LogP contribution in [-0.2, 0) is 7.05 Å². The number of fused-ring (bicyclic) bond motifs is 1. The molecule has 0 aliphatic heterocycles. The van der Waals surface area contributed by atoms with E-state index in [4.69, 9.17) is 0 Å². The summed E-state index contributed by atoms with van der Waals surface area (Å²) < 4.78 is 1.50. The fourth-order valence-corrected chi connectivity index (χ4v) is 2.86. The minimum Gasteiger partial charge on any atom is -0.510 e. The fourth-order valence-electron chi connectivity index (χ4n) is 2.04. The molecule has 1 aromatic carbocycles. The lowest BCUT2D eigenvalue weighted by Crippen LogP contribution is -2.06. The highest BCUT2D eigenvalue weighted by molar-refractivity contribution is 7.99. The molecule has 0 aliphatic rings. The van der Waals surface area contributed by atoms with Crippen LogP contribution in [0.2, 0.25) is 0 Å². The zero-order valence-electron chi connectivity index (χ0n) is 12.4. The Balaban J connectivity index is 1.95. The number of aliphatic hydroxyl groups is 1. The first-order valence-electron chi connectivity index (χ1n) is 6.77. The summed E-state index contributed by atoms with van der Waals surface area (Å²) in [5.74, 6) is 0.272. The van der Waals surface area contributed by atoms with E-state index in [1.807, 2.05) is 30.3 Å². The zero-order chi connectivity index (χ0) is 16.4. The molecular formula is C14H13N7OS. The lowest BCUT2D eigenvalue weighted by Gasteiger charge is -2.10. The third kappa shape index (κ3) is 2.89. The van der Waals surface area contributed by atoms with E-state index >= 15 is 0 Å². The summed E-state index contributed by atoms with van der Waals surface area (Å²) in [7, 11) is 1.71. The Kier molecular flexibility index (Phi) is 3.99. The van der Waals surface area contributed by atoms with Crippen molar-refractivity contribution in [3.05, 3.63) is 35.8 Å². The van der Waals surface area contributed by atoms with E-state index in [0.717, 1.165) is 11.0 Å². The number of para-hydroxylation sites is 2. The van der Waals surface area contributed by atoms with Crippen LogP contribution in [0.4, 0.5) is 0 Å².